The van der Waals surface area contributed by atoms with Crippen molar-refractivity contribution >= 4 is 69.0 Å². The number of hydrogen-bond donors (Lipinski definition) is 1. The van der Waals surface area contributed by atoms with E-state index in [-0.39, 0.29) is 6.10 Å². The van der Waals surface area contributed by atoms with Crippen molar-refractivity contribution in [1.82, 2.24) is 5.32 Å². The second-order valence-electron chi connectivity index (χ2n) is 5.03. The monoisotopic (exact) mass is 587 g/mol. The van der Waals surface area contributed by atoms with Gasteiger partial charge in [-0.2, -0.15) is 0 Å². The predicted octanol–water partition coefficient (Wildman–Crippen LogP) is 5.84. The molecule has 0 spiro atoms. The zero-order valence-corrected chi connectivity index (χ0v) is 21.4. The van der Waals surface area contributed by atoms with E-state index in [2.05, 4.69) is 46.2 Å². The molecule has 28 heavy (non-hydrogen) atoms. The van der Waals surface area contributed by atoms with Crippen molar-refractivity contribution in [3.05, 3.63) is 24.3 Å². The van der Waals surface area contributed by atoms with E-state index in [1.54, 1.807) is 18.2 Å². The van der Waals surface area contributed by atoms with Crippen LogP contribution >= 0.6 is 62.9 Å². The summed E-state index contributed by atoms with van der Waals surface area (Å²) in [6, 6.07) is 7.06. The van der Waals surface area contributed by atoms with Crippen molar-refractivity contribution in [3.63, 3.8) is 0 Å². The van der Waals surface area contributed by atoms with Gasteiger partial charge in [-0.25, -0.2) is 9.36 Å². The van der Waals surface area contributed by atoms with E-state index in [9.17, 15) is 9.36 Å². The first kappa shape index (κ1) is 27.9. The third-order valence-electron chi connectivity index (χ3n) is 2.54. The van der Waals surface area contributed by atoms with Crippen molar-refractivity contribution in [2.75, 3.05) is 21.3 Å². The summed E-state index contributed by atoms with van der Waals surface area (Å²) in [4.78, 5) is 11.0. The molecular weight excluding hydrogens is 568 g/mol. The Morgan fingerprint density at radius 3 is 2.07 bits per heavy atom. The van der Waals surface area contributed by atoms with Gasteiger partial charge in [0.05, 0.1) is 6.10 Å². The molecule has 13 heteroatoms. The minimum absolute atomic E-state index is 0.0411. The fourth-order valence-electron chi connectivity index (χ4n) is 1.37. The summed E-state index contributed by atoms with van der Waals surface area (Å²) in [6.07, 6.45) is -0.464. The molecule has 0 aliphatic rings. The van der Waals surface area contributed by atoms with Gasteiger partial charge in [-0.1, -0.05) is 51.3 Å². The average Bonchev–Trinajstić information content (AvgIpc) is 2.62. The number of halogens is 4. The van der Waals surface area contributed by atoms with Gasteiger partial charge < -0.3 is 14.8 Å². The zero-order chi connectivity index (χ0) is 22.0. The molecule has 1 N–H and O–H groups in total. The van der Waals surface area contributed by atoms with Crippen LogP contribution in [-0.4, -0.2) is 41.7 Å². The molecular formula is C15H22Br2Cl2NO7P. The molecule has 1 amide bonds. The van der Waals surface area contributed by atoms with Gasteiger partial charge in [-0.05, 0) is 41.9 Å². The third kappa shape index (κ3) is 11.2. The summed E-state index contributed by atoms with van der Waals surface area (Å²) in [7, 11) is 0.295. The molecule has 0 fully saturated rings. The Balaban J connectivity index is 0.000000528. The van der Waals surface area contributed by atoms with E-state index in [4.69, 9.17) is 37.2 Å². The second-order valence-corrected chi connectivity index (χ2v) is 11.2. The quantitative estimate of drug-likeness (QED) is 0.301. The van der Waals surface area contributed by atoms with E-state index in [1.807, 2.05) is 19.9 Å². The summed E-state index contributed by atoms with van der Waals surface area (Å²) < 4.78 is 34.3. The maximum atomic E-state index is 11.4. The highest BCUT2D eigenvalue weighted by Crippen LogP contribution is 2.53. The Morgan fingerprint density at radius 1 is 1.18 bits per heavy atom. The molecule has 162 valence electrons. The number of benzene rings is 1. The van der Waals surface area contributed by atoms with Crippen molar-refractivity contribution < 1.29 is 32.4 Å². The van der Waals surface area contributed by atoms with Crippen molar-refractivity contribution in [2.45, 2.75) is 28.2 Å². The number of nitrogens with one attached hydrogen (secondary N) is 1. The van der Waals surface area contributed by atoms with Crippen LogP contribution < -0.4 is 14.8 Å². The van der Waals surface area contributed by atoms with Crippen LogP contribution in [0.15, 0.2) is 24.3 Å². The smallest absolute Gasteiger partial charge is 0.475 e. The molecule has 0 saturated heterocycles. The second kappa shape index (κ2) is 13.3. The molecule has 1 aromatic rings. The Bertz CT molecular complexity index is 654. The van der Waals surface area contributed by atoms with Crippen LogP contribution in [0.4, 0.5) is 4.79 Å². The Labute approximate surface area is 191 Å². The molecule has 0 radical (unpaired) electrons. The van der Waals surface area contributed by atoms with Gasteiger partial charge in [0, 0.05) is 21.3 Å². The zero-order valence-electron chi connectivity index (χ0n) is 15.8. The topological polar surface area (TPSA) is 92.3 Å². The van der Waals surface area contributed by atoms with Gasteiger partial charge in [0.1, 0.15) is 0 Å². The molecule has 8 nitrogen and oxygen atoms in total. The normalized spacial score (nSPS) is 12.6. The number of phosphoric acid groups is 1. The Kier molecular flexibility index (Phi) is 13.3. The first-order valence-corrected chi connectivity index (χ1v) is 11.6. The number of phosphoric ester groups is 1. The van der Waals surface area contributed by atoms with Crippen LogP contribution in [0, 0.1) is 0 Å². The third-order valence-corrected chi connectivity index (χ3v) is 7.02. The summed E-state index contributed by atoms with van der Waals surface area (Å²) in [6.45, 7) is 3.83. The molecule has 1 atom stereocenters. The molecule has 0 heterocycles. The van der Waals surface area contributed by atoms with Gasteiger partial charge in [0.15, 0.2) is 16.5 Å². The summed E-state index contributed by atoms with van der Waals surface area (Å²) in [5.74, 6) is 0.988. The van der Waals surface area contributed by atoms with E-state index >= 15 is 0 Å². The van der Waals surface area contributed by atoms with Crippen LogP contribution in [0.3, 0.4) is 0 Å². The van der Waals surface area contributed by atoms with Crippen molar-refractivity contribution in [1.29, 1.82) is 0 Å². The molecule has 0 saturated carbocycles. The fraction of sp³-hybridized carbons (Fsp3) is 0.533. The van der Waals surface area contributed by atoms with Gasteiger partial charge in [-0.3, -0.25) is 13.6 Å². The maximum Gasteiger partial charge on any atom is 0.475 e. The standard InChI is InChI=1S/C11H15NO3.C4H7Br2Cl2O4P/c1-8(2)14-9-6-4-5-7-10(9)15-11(13)12-3;1-10-13(9,11-2)12-3(5)4(6,7)8/h4-8H,1-3H3,(H,12,13);3H,1-2H3. The van der Waals surface area contributed by atoms with Gasteiger partial charge in [-0.15, -0.1) is 0 Å². The first-order chi connectivity index (χ1) is 12.9. The average molecular weight is 590 g/mol. The van der Waals surface area contributed by atoms with E-state index < -0.39 is 22.2 Å². The Morgan fingerprint density at radius 2 is 1.68 bits per heavy atom. The van der Waals surface area contributed by atoms with Gasteiger partial charge >= 0.3 is 13.9 Å². The molecule has 1 rings (SSSR count). The fourth-order valence-corrected chi connectivity index (χ4v) is 3.14. The van der Waals surface area contributed by atoms with Gasteiger partial charge in [0.2, 0.25) is 3.24 Å². The maximum absolute atomic E-state index is 11.4. The van der Waals surface area contributed by atoms with Crippen LogP contribution in [0.25, 0.3) is 0 Å². The van der Waals surface area contributed by atoms with Gasteiger partial charge in [0.25, 0.3) is 0 Å². The molecule has 0 aliphatic carbocycles. The molecule has 0 aromatic heterocycles. The number of amides is 1. The lowest BCUT2D eigenvalue weighted by Gasteiger charge is -2.22. The number of para-hydroxylation sites is 2. The van der Waals surface area contributed by atoms with Crippen LogP contribution in [0.5, 0.6) is 11.5 Å². The number of carbonyl (C=O) groups is 1. The molecule has 0 aliphatic heterocycles. The van der Waals surface area contributed by atoms with Crippen molar-refractivity contribution in [2.24, 2.45) is 0 Å². The molecule has 1 aromatic carbocycles. The van der Waals surface area contributed by atoms with Crippen LogP contribution in [-0.2, 0) is 18.1 Å². The SMILES string of the molecule is CNC(=O)Oc1ccccc1OC(C)C.COP(=O)(OC)OC(Br)C(Cl)(Cl)Br. The highest BCUT2D eigenvalue weighted by molar-refractivity contribution is 9.13. The number of rotatable bonds is 8. The first-order valence-electron chi connectivity index (χ1n) is 7.64. The summed E-state index contributed by atoms with van der Waals surface area (Å²) in [5, 5.41) is 1.44. The number of ether oxygens (including phenoxy) is 2. The summed E-state index contributed by atoms with van der Waals surface area (Å²) >= 11 is 17.0. The predicted molar refractivity (Wildman–Crippen MR) is 116 cm³/mol. The highest BCUT2D eigenvalue weighted by atomic mass is 79.9. The molecule has 0 bridgehead atoms. The Hall–Kier alpha value is -0.0600. The number of carbonyl (C=O) groups excluding carboxylic acids is 1. The van der Waals surface area contributed by atoms with Crippen LogP contribution in [0.2, 0.25) is 0 Å². The van der Waals surface area contributed by atoms with E-state index in [1.165, 1.54) is 21.3 Å². The molecule has 1 unspecified atom stereocenters. The lowest BCUT2D eigenvalue weighted by molar-refractivity contribution is 0.146. The highest BCUT2D eigenvalue weighted by Gasteiger charge is 2.38. The van der Waals surface area contributed by atoms with Crippen LogP contribution in [0.1, 0.15) is 13.8 Å². The lowest BCUT2D eigenvalue weighted by Crippen LogP contribution is -2.22. The summed E-state index contributed by atoms with van der Waals surface area (Å²) in [5.41, 5.74) is 0. The van der Waals surface area contributed by atoms with Crippen molar-refractivity contribution in [3.8, 4) is 11.5 Å². The lowest BCUT2D eigenvalue weighted by atomic mass is 10.3. The largest absolute Gasteiger partial charge is 0.487 e. The van der Waals surface area contributed by atoms with E-state index in [0.717, 1.165) is 0 Å². The number of alkyl halides is 4. The minimum Gasteiger partial charge on any atom is -0.487 e. The number of hydrogen-bond acceptors (Lipinski definition) is 7. The van der Waals surface area contributed by atoms with E-state index in [0.29, 0.717) is 11.5 Å². The minimum atomic E-state index is -3.58.